The Morgan fingerprint density at radius 2 is 1.78 bits per heavy atom. The Balaban J connectivity index is 2.76. The number of benzene rings is 2. The highest BCUT2D eigenvalue weighted by Gasteiger charge is 2.19. The zero-order valence-electron chi connectivity index (χ0n) is 9.58. The van der Waals surface area contributed by atoms with Crippen LogP contribution in [0.1, 0.15) is 15.9 Å². The van der Waals surface area contributed by atoms with Gasteiger partial charge in [-0.2, -0.15) is 0 Å². The summed E-state index contributed by atoms with van der Waals surface area (Å²) in [6.45, 7) is 1.85. The molecule has 2 aromatic carbocycles. The molecule has 0 saturated heterocycles. The summed E-state index contributed by atoms with van der Waals surface area (Å²) in [5.41, 5.74) is 2.38. The van der Waals surface area contributed by atoms with Crippen molar-refractivity contribution in [1.82, 2.24) is 0 Å². The summed E-state index contributed by atoms with van der Waals surface area (Å²) in [5.74, 6) is -1.12. The topological polar surface area (TPSA) is 37.3 Å². The Bertz CT molecular complexity index is 607. The van der Waals surface area contributed by atoms with E-state index >= 15 is 0 Å². The standard InChI is InChI=1S/C14H10Cl2O2/c1-8-7-10(15)12(14(17)18)13(16)11(8)9-5-3-2-4-6-9/h2-7H,1H3,(H,17,18). The summed E-state index contributed by atoms with van der Waals surface area (Å²) in [7, 11) is 0. The summed E-state index contributed by atoms with van der Waals surface area (Å²) in [6, 6.07) is 11.0. The van der Waals surface area contributed by atoms with E-state index in [0.29, 0.717) is 5.56 Å². The van der Waals surface area contributed by atoms with E-state index < -0.39 is 5.97 Å². The molecule has 0 aromatic heterocycles. The van der Waals surface area contributed by atoms with E-state index in [1.54, 1.807) is 6.07 Å². The van der Waals surface area contributed by atoms with Crippen LogP contribution in [-0.2, 0) is 0 Å². The Morgan fingerprint density at radius 3 is 2.33 bits per heavy atom. The second kappa shape index (κ2) is 5.01. The smallest absolute Gasteiger partial charge is 0.338 e. The van der Waals surface area contributed by atoms with Gasteiger partial charge in [-0.05, 0) is 24.1 Å². The summed E-state index contributed by atoms with van der Waals surface area (Å²) in [6.07, 6.45) is 0. The van der Waals surface area contributed by atoms with Gasteiger partial charge < -0.3 is 5.11 Å². The Hall–Kier alpha value is -1.51. The zero-order chi connectivity index (χ0) is 13.3. The lowest BCUT2D eigenvalue weighted by molar-refractivity contribution is 0.0697. The van der Waals surface area contributed by atoms with Gasteiger partial charge in [0, 0.05) is 5.56 Å². The van der Waals surface area contributed by atoms with Gasteiger partial charge in [-0.3, -0.25) is 0 Å². The second-order valence-corrected chi connectivity index (χ2v) is 4.70. The predicted molar refractivity (Wildman–Crippen MR) is 73.6 cm³/mol. The number of carboxylic acid groups (broad SMARTS) is 1. The molecule has 4 heteroatoms. The molecule has 0 saturated carbocycles. The molecule has 0 aliphatic carbocycles. The van der Waals surface area contributed by atoms with Crippen molar-refractivity contribution in [2.45, 2.75) is 6.92 Å². The van der Waals surface area contributed by atoms with E-state index in [0.717, 1.165) is 11.1 Å². The van der Waals surface area contributed by atoms with E-state index in [2.05, 4.69) is 0 Å². The van der Waals surface area contributed by atoms with Crippen molar-refractivity contribution in [2.24, 2.45) is 0 Å². The maximum Gasteiger partial charge on any atom is 0.338 e. The van der Waals surface area contributed by atoms with Crippen molar-refractivity contribution in [3.05, 3.63) is 57.6 Å². The molecule has 2 rings (SSSR count). The Morgan fingerprint density at radius 1 is 1.17 bits per heavy atom. The summed E-state index contributed by atoms with van der Waals surface area (Å²) in [4.78, 5) is 11.2. The molecule has 0 atom stereocenters. The highest BCUT2D eigenvalue weighted by atomic mass is 35.5. The summed E-state index contributed by atoms with van der Waals surface area (Å²) in [5, 5.41) is 9.48. The average Bonchev–Trinajstić information content (AvgIpc) is 2.28. The lowest BCUT2D eigenvalue weighted by atomic mass is 9.98. The Labute approximate surface area is 115 Å². The third kappa shape index (κ3) is 2.22. The first-order chi connectivity index (χ1) is 8.52. The van der Waals surface area contributed by atoms with Gasteiger partial charge in [0.2, 0.25) is 0 Å². The van der Waals surface area contributed by atoms with E-state index in [-0.39, 0.29) is 15.6 Å². The maximum absolute atomic E-state index is 11.2. The molecule has 0 spiro atoms. The number of aromatic carboxylic acids is 1. The molecule has 0 amide bonds. The van der Waals surface area contributed by atoms with Crippen molar-refractivity contribution < 1.29 is 9.90 Å². The first kappa shape index (κ1) is 12.9. The van der Waals surface area contributed by atoms with E-state index in [4.69, 9.17) is 28.3 Å². The molecule has 2 nitrogen and oxygen atoms in total. The molecule has 0 unspecified atom stereocenters. The van der Waals surface area contributed by atoms with Crippen molar-refractivity contribution in [2.75, 3.05) is 0 Å². The number of hydrogen-bond acceptors (Lipinski definition) is 1. The number of halogens is 2. The Kier molecular flexibility index (Phi) is 3.60. The van der Waals surface area contributed by atoms with Gasteiger partial charge in [-0.15, -0.1) is 0 Å². The zero-order valence-corrected chi connectivity index (χ0v) is 11.1. The van der Waals surface area contributed by atoms with E-state index in [1.165, 1.54) is 0 Å². The van der Waals surface area contributed by atoms with Crippen molar-refractivity contribution >= 4 is 29.2 Å². The average molecular weight is 281 g/mol. The van der Waals surface area contributed by atoms with Crippen LogP contribution < -0.4 is 0 Å². The van der Waals surface area contributed by atoms with Crippen LogP contribution in [0.25, 0.3) is 11.1 Å². The molecule has 0 radical (unpaired) electrons. The van der Waals surface area contributed by atoms with Crippen LogP contribution in [0.2, 0.25) is 10.0 Å². The van der Waals surface area contributed by atoms with Gasteiger partial charge in [0.05, 0.1) is 15.6 Å². The molecule has 1 N–H and O–H groups in total. The van der Waals surface area contributed by atoms with Crippen LogP contribution in [0.3, 0.4) is 0 Å². The largest absolute Gasteiger partial charge is 0.478 e. The summed E-state index contributed by atoms with van der Waals surface area (Å²) >= 11 is 12.1. The molecule has 0 aliphatic rings. The van der Waals surface area contributed by atoms with Gasteiger partial charge in [0.15, 0.2) is 0 Å². The highest BCUT2D eigenvalue weighted by Crippen LogP contribution is 2.37. The fourth-order valence-corrected chi connectivity index (χ4v) is 2.72. The molecule has 2 aromatic rings. The van der Waals surface area contributed by atoms with Crippen LogP contribution in [-0.4, -0.2) is 11.1 Å². The van der Waals surface area contributed by atoms with Gasteiger partial charge in [-0.1, -0.05) is 53.5 Å². The van der Waals surface area contributed by atoms with Crippen LogP contribution >= 0.6 is 23.2 Å². The number of carbonyl (C=O) groups is 1. The minimum Gasteiger partial charge on any atom is -0.478 e. The van der Waals surface area contributed by atoms with Crippen LogP contribution in [0.5, 0.6) is 0 Å². The molecule has 18 heavy (non-hydrogen) atoms. The molecule has 0 aliphatic heterocycles. The molecule has 0 bridgehead atoms. The number of rotatable bonds is 2. The van der Waals surface area contributed by atoms with Gasteiger partial charge >= 0.3 is 5.97 Å². The predicted octanol–water partition coefficient (Wildman–Crippen LogP) is 4.67. The van der Waals surface area contributed by atoms with Gasteiger partial charge in [0.1, 0.15) is 0 Å². The monoisotopic (exact) mass is 280 g/mol. The fraction of sp³-hybridized carbons (Fsp3) is 0.0714. The lowest BCUT2D eigenvalue weighted by Crippen LogP contribution is -2.01. The number of hydrogen-bond donors (Lipinski definition) is 1. The number of carboxylic acids is 1. The summed E-state index contributed by atoms with van der Waals surface area (Å²) < 4.78 is 0. The van der Waals surface area contributed by atoms with Crippen LogP contribution in [0.4, 0.5) is 0 Å². The molecule has 0 heterocycles. The van der Waals surface area contributed by atoms with E-state index in [9.17, 15) is 4.79 Å². The quantitative estimate of drug-likeness (QED) is 0.868. The minimum atomic E-state index is -1.12. The van der Waals surface area contributed by atoms with Crippen LogP contribution in [0.15, 0.2) is 36.4 Å². The van der Waals surface area contributed by atoms with Crippen molar-refractivity contribution in [3.8, 4) is 11.1 Å². The van der Waals surface area contributed by atoms with Crippen molar-refractivity contribution in [1.29, 1.82) is 0 Å². The highest BCUT2D eigenvalue weighted by molar-refractivity contribution is 6.41. The molecule has 0 fully saturated rings. The molecular formula is C14H10Cl2O2. The number of aryl methyl sites for hydroxylation is 1. The van der Waals surface area contributed by atoms with E-state index in [1.807, 2.05) is 37.3 Å². The second-order valence-electron chi connectivity index (χ2n) is 3.91. The maximum atomic E-state index is 11.2. The third-order valence-electron chi connectivity index (χ3n) is 2.69. The molecule has 92 valence electrons. The lowest BCUT2D eigenvalue weighted by Gasteiger charge is -2.12. The first-order valence-corrected chi connectivity index (χ1v) is 6.05. The normalized spacial score (nSPS) is 10.4. The molecular weight excluding hydrogens is 271 g/mol. The first-order valence-electron chi connectivity index (χ1n) is 5.29. The van der Waals surface area contributed by atoms with Gasteiger partial charge in [-0.25, -0.2) is 4.79 Å². The fourth-order valence-electron chi connectivity index (χ4n) is 1.89. The SMILES string of the molecule is Cc1cc(Cl)c(C(=O)O)c(Cl)c1-c1ccccc1. The van der Waals surface area contributed by atoms with Crippen molar-refractivity contribution in [3.63, 3.8) is 0 Å². The van der Waals surface area contributed by atoms with Crippen LogP contribution in [0, 0.1) is 6.92 Å². The minimum absolute atomic E-state index is 0.0530. The van der Waals surface area contributed by atoms with Gasteiger partial charge in [0.25, 0.3) is 0 Å². The third-order valence-corrected chi connectivity index (χ3v) is 3.37.